The monoisotopic (exact) mass is 1240 g/mol. The maximum atomic E-state index is 13.9. The topological polar surface area (TPSA) is 307 Å². The molecule has 0 saturated heterocycles. The Bertz CT molecular complexity index is 2320. The van der Waals surface area contributed by atoms with Gasteiger partial charge in [0, 0.05) is 108 Å². The molecule has 0 bridgehead atoms. The number of amides is 8. The fraction of sp³-hybridized carbons (Fsp3) is 0.731. The minimum absolute atomic E-state index is 0.00426. The number of unbranched alkanes of at least 4 members (excludes halogenated alkanes) is 13. The Labute approximate surface area is 525 Å². The van der Waals surface area contributed by atoms with Gasteiger partial charge < -0.3 is 46.9 Å². The smallest absolute Gasteiger partial charge is 0.312 e. The molecular formula is C67H112N8O13. The summed E-state index contributed by atoms with van der Waals surface area (Å²) in [7, 11) is 2.97. The third kappa shape index (κ3) is 37.3. The number of carbonyl (C=O) groups excluding carboxylic acids is 12. The van der Waals surface area contributed by atoms with E-state index in [0.717, 1.165) is 19.3 Å². The number of anilines is 1. The highest BCUT2D eigenvalue weighted by Gasteiger charge is 2.31. The van der Waals surface area contributed by atoms with E-state index in [4.69, 9.17) is 10.5 Å². The molecule has 0 saturated carbocycles. The fourth-order valence-electron chi connectivity index (χ4n) is 10.2. The number of primary amides is 1. The largest absolute Gasteiger partial charge is 0.461 e. The molecular weight excluding hydrogens is 1120 g/mol. The molecule has 8 amide bonds. The van der Waals surface area contributed by atoms with Crippen molar-refractivity contribution in [2.75, 3.05) is 52.1 Å². The highest BCUT2D eigenvalue weighted by atomic mass is 16.5. The van der Waals surface area contributed by atoms with Crippen LogP contribution in [0, 0.1) is 35.5 Å². The van der Waals surface area contributed by atoms with Crippen LogP contribution in [-0.2, 0) is 64.1 Å². The first-order valence-corrected chi connectivity index (χ1v) is 32.8. The summed E-state index contributed by atoms with van der Waals surface area (Å²) in [6.45, 7) is 14.6. The van der Waals surface area contributed by atoms with Gasteiger partial charge in [0.1, 0.15) is 12.4 Å². The highest BCUT2D eigenvalue weighted by molar-refractivity contribution is 5.98. The molecule has 0 aromatic heterocycles. The molecule has 21 heteroatoms. The molecule has 21 nitrogen and oxygen atoms in total. The number of rotatable bonds is 51. The van der Waals surface area contributed by atoms with E-state index < -0.39 is 47.5 Å². The summed E-state index contributed by atoms with van der Waals surface area (Å²) in [4.78, 5) is 158. The summed E-state index contributed by atoms with van der Waals surface area (Å²) in [6, 6.07) is 5.08. The summed E-state index contributed by atoms with van der Waals surface area (Å²) < 4.78 is 5.28. The second-order valence-corrected chi connectivity index (χ2v) is 24.9. The number of ketones is 4. The zero-order chi connectivity index (χ0) is 66.0. The minimum Gasteiger partial charge on any atom is -0.461 e. The number of urea groups is 1. The standard InChI is InChI=1S/C67H112N8O13/c1-11-12-13-14-15-16-17-18-19-20-21-22-23-30-58(79)70-40-37-61(82)74(9)44-56(77)42-53(65(85)75(10)45-55(76)41-50(8)63(83)48(4)5)28-24-25-38-69-59(80)31-26-32-60(81)73-62(47(2)3)57(78)43-52(29-27-39-71-67(68)87)64(84)72-54-35-33-51(34-36-54)46-88-66(86)49(6)7/h33-36,47-50,52-53,62H,11-32,37-46H2,1-10H3,(H,69,80)(H,70,79)(H,72,84)(H,73,81)(H3,68,71,87)/t50-,52-,53-,62+/m1/s1. The predicted octanol–water partition coefficient (Wildman–Crippen LogP) is 9.25. The van der Waals surface area contributed by atoms with Gasteiger partial charge >= 0.3 is 12.0 Å². The number of ether oxygens (including phenoxy) is 1. The van der Waals surface area contributed by atoms with Crippen molar-refractivity contribution in [3.8, 4) is 0 Å². The molecule has 88 heavy (non-hydrogen) atoms. The second-order valence-electron chi connectivity index (χ2n) is 24.9. The van der Waals surface area contributed by atoms with Crippen LogP contribution < -0.4 is 32.3 Å². The molecule has 0 heterocycles. The van der Waals surface area contributed by atoms with Crippen LogP contribution >= 0.6 is 0 Å². The molecule has 0 aliphatic rings. The summed E-state index contributed by atoms with van der Waals surface area (Å²) in [6.07, 6.45) is 17.5. The van der Waals surface area contributed by atoms with Gasteiger partial charge in [-0.25, -0.2) is 4.79 Å². The van der Waals surface area contributed by atoms with E-state index in [9.17, 15) is 57.5 Å². The van der Waals surface area contributed by atoms with Crippen LogP contribution in [-0.4, -0.2) is 133 Å². The third-order valence-corrected chi connectivity index (χ3v) is 15.6. The number of nitrogens with two attached hydrogens (primary N) is 1. The summed E-state index contributed by atoms with van der Waals surface area (Å²) >= 11 is 0. The molecule has 1 rings (SSSR count). The SMILES string of the molecule is CCCCCCCCCCCCCCCC(=O)NCCC(=O)N(C)CC(=O)C[C@@H](CCCCNC(=O)CCCC(=O)N[C@H](C(=O)C[C@@H](CCCNC(N)=O)C(=O)Nc1ccc(COC(=O)C(C)C)cc1)C(C)C)C(=O)N(C)CC(=O)C[C@@H](C)C(=O)C(C)C. The van der Waals surface area contributed by atoms with Gasteiger partial charge in [-0.1, -0.05) is 151 Å². The number of nitrogens with one attached hydrogen (secondary N) is 5. The van der Waals surface area contributed by atoms with Gasteiger partial charge in [0.2, 0.25) is 35.4 Å². The van der Waals surface area contributed by atoms with Crippen molar-refractivity contribution in [3.05, 3.63) is 29.8 Å². The number of likely N-dealkylation sites (N-methyl/N-ethyl adjacent to an activating group) is 2. The number of hydrogen-bond acceptors (Lipinski definition) is 13. The Hall–Kier alpha value is -6.54. The van der Waals surface area contributed by atoms with Gasteiger partial charge in [0.05, 0.1) is 25.0 Å². The molecule has 0 aliphatic heterocycles. The van der Waals surface area contributed by atoms with E-state index in [-0.39, 0.29) is 162 Å². The van der Waals surface area contributed by atoms with E-state index in [1.54, 1.807) is 72.7 Å². The Morgan fingerprint density at radius 2 is 1.05 bits per heavy atom. The van der Waals surface area contributed by atoms with E-state index >= 15 is 0 Å². The van der Waals surface area contributed by atoms with Crippen LogP contribution in [0.4, 0.5) is 10.5 Å². The van der Waals surface area contributed by atoms with Crippen molar-refractivity contribution >= 4 is 76.3 Å². The molecule has 0 aliphatic carbocycles. The zero-order valence-corrected chi connectivity index (χ0v) is 55.3. The van der Waals surface area contributed by atoms with Crippen LogP contribution in [0.15, 0.2) is 24.3 Å². The molecule has 4 atom stereocenters. The van der Waals surface area contributed by atoms with Gasteiger partial charge in [-0.3, -0.25) is 52.7 Å². The Kier molecular flexibility index (Phi) is 42.0. The first-order chi connectivity index (χ1) is 41.7. The van der Waals surface area contributed by atoms with Gasteiger partial charge in [-0.2, -0.15) is 0 Å². The number of carbonyl (C=O) groups is 12. The van der Waals surface area contributed by atoms with E-state index in [2.05, 4.69) is 33.5 Å². The lowest BCUT2D eigenvalue weighted by Crippen LogP contribution is -2.45. The van der Waals surface area contributed by atoms with Gasteiger partial charge in [0.25, 0.3) is 0 Å². The maximum absolute atomic E-state index is 13.9. The third-order valence-electron chi connectivity index (χ3n) is 15.6. The lowest BCUT2D eigenvalue weighted by atomic mass is 9.89. The highest BCUT2D eigenvalue weighted by Crippen LogP contribution is 2.22. The summed E-state index contributed by atoms with van der Waals surface area (Å²) in [5.41, 5.74) is 6.39. The fourth-order valence-corrected chi connectivity index (χ4v) is 10.2. The summed E-state index contributed by atoms with van der Waals surface area (Å²) in [5, 5.41) is 13.8. The lowest BCUT2D eigenvalue weighted by molar-refractivity contribution is -0.148. The van der Waals surface area contributed by atoms with Crippen molar-refractivity contribution in [1.82, 2.24) is 31.1 Å². The van der Waals surface area contributed by atoms with Gasteiger partial charge in [0.15, 0.2) is 17.3 Å². The summed E-state index contributed by atoms with van der Waals surface area (Å²) in [5.74, 6) is -6.55. The second kappa shape index (κ2) is 46.6. The maximum Gasteiger partial charge on any atom is 0.312 e. The first kappa shape index (κ1) is 79.5. The van der Waals surface area contributed by atoms with Crippen LogP contribution in [0.1, 0.15) is 228 Å². The number of Topliss-reactive ketones (excluding diaryl/α,β-unsaturated/α-hetero) is 4. The van der Waals surface area contributed by atoms with Crippen LogP contribution in [0.3, 0.4) is 0 Å². The number of esters is 1. The zero-order valence-electron chi connectivity index (χ0n) is 55.3. The van der Waals surface area contributed by atoms with E-state index in [0.29, 0.717) is 36.9 Å². The predicted molar refractivity (Wildman–Crippen MR) is 342 cm³/mol. The van der Waals surface area contributed by atoms with Crippen LogP contribution in [0.25, 0.3) is 0 Å². The Balaban J connectivity index is 2.77. The molecule has 0 fully saturated rings. The van der Waals surface area contributed by atoms with E-state index in [1.807, 2.05) is 0 Å². The molecule has 0 unspecified atom stereocenters. The van der Waals surface area contributed by atoms with Crippen LogP contribution in [0.5, 0.6) is 0 Å². The number of benzene rings is 1. The molecule has 1 aromatic carbocycles. The first-order valence-electron chi connectivity index (χ1n) is 32.8. The molecule has 498 valence electrons. The average molecular weight is 1240 g/mol. The molecule has 7 N–H and O–H groups in total. The van der Waals surface area contributed by atoms with E-state index in [1.165, 1.54) is 88.1 Å². The van der Waals surface area contributed by atoms with Crippen molar-refractivity contribution in [2.24, 2.45) is 41.2 Å². The number of hydrogen-bond donors (Lipinski definition) is 6. The van der Waals surface area contributed by atoms with Crippen molar-refractivity contribution < 1.29 is 62.3 Å². The normalized spacial score (nSPS) is 12.6. The molecule has 0 radical (unpaired) electrons. The van der Waals surface area contributed by atoms with Gasteiger partial charge in [-0.15, -0.1) is 0 Å². The molecule has 1 aromatic rings. The minimum atomic E-state index is -0.930. The Morgan fingerprint density at radius 3 is 1.61 bits per heavy atom. The lowest BCUT2D eigenvalue weighted by Gasteiger charge is -2.24. The average Bonchev–Trinajstić information content (AvgIpc) is 3.59. The van der Waals surface area contributed by atoms with Crippen LogP contribution in [0.2, 0.25) is 0 Å². The van der Waals surface area contributed by atoms with Crippen molar-refractivity contribution in [3.63, 3.8) is 0 Å². The Morgan fingerprint density at radius 1 is 0.523 bits per heavy atom. The van der Waals surface area contributed by atoms with Gasteiger partial charge in [-0.05, 0) is 62.1 Å². The number of nitrogens with zero attached hydrogens (tertiary/aromatic N) is 2. The van der Waals surface area contributed by atoms with Crippen molar-refractivity contribution in [1.29, 1.82) is 0 Å². The van der Waals surface area contributed by atoms with Crippen molar-refractivity contribution in [2.45, 2.75) is 235 Å². The molecule has 0 spiro atoms. The quantitative estimate of drug-likeness (QED) is 0.0262.